The minimum Gasteiger partial charge on any atom is -0.372 e. The summed E-state index contributed by atoms with van der Waals surface area (Å²) in [5, 5.41) is 18.4. The van der Waals surface area contributed by atoms with Gasteiger partial charge in [0.15, 0.2) is 0 Å². The normalized spacial score (nSPS) is 14.1. The van der Waals surface area contributed by atoms with E-state index in [1.165, 1.54) is 30.6 Å². The van der Waals surface area contributed by atoms with Gasteiger partial charge in [0.2, 0.25) is 5.60 Å². The first-order valence-electron chi connectivity index (χ1n) is 9.78. The largest absolute Gasteiger partial charge is 0.425 e. The first kappa shape index (κ1) is 20.9. The first-order chi connectivity index (χ1) is 14.7. The van der Waals surface area contributed by atoms with Crippen molar-refractivity contribution in [3.63, 3.8) is 0 Å². The van der Waals surface area contributed by atoms with E-state index in [0.29, 0.717) is 28.4 Å². The molecular formula is C22H21F3N4O2. The molecule has 31 heavy (non-hydrogen) atoms. The minimum absolute atomic E-state index is 0.259. The molecule has 4 aromatic rings. The molecule has 0 fully saturated rings. The van der Waals surface area contributed by atoms with E-state index >= 15 is 0 Å². The lowest BCUT2D eigenvalue weighted by molar-refractivity contribution is -0.247. The van der Waals surface area contributed by atoms with Crippen LogP contribution in [0.5, 0.6) is 0 Å². The maximum absolute atomic E-state index is 14.3. The predicted molar refractivity (Wildman–Crippen MR) is 111 cm³/mol. The van der Waals surface area contributed by atoms with Crippen molar-refractivity contribution in [2.75, 3.05) is 6.54 Å². The molecular weight excluding hydrogens is 409 g/mol. The number of halogens is 3. The highest BCUT2D eigenvalue weighted by Crippen LogP contribution is 2.47. The SMILES string of the molecule is CCCNC(=O)n1ncc2cc(C(O)(c3cn(C)c4ccccc34)C(F)(F)F)ccc21. The quantitative estimate of drug-likeness (QED) is 0.507. The van der Waals surface area contributed by atoms with E-state index in [-0.39, 0.29) is 11.1 Å². The second kappa shape index (κ2) is 7.42. The Hall–Kier alpha value is -3.33. The topological polar surface area (TPSA) is 72.1 Å². The molecule has 0 aliphatic rings. The Balaban J connectivity index is 1.88. The molecule has 4 rings (SSSR count). The summed E-state index contributed by atoms with van der Waals surface area (Å²) in [5.41, 5.74) is -2.93. The number of benzene rings is 2. The Morgan fingerprint density at radius 3 is 2.61 bits per heavy atom. The van der Waals surface area contributed by atoms with E-state index in [0.717, 1.165) is 11.1 Å². The highest BCUT2D eigenvalue weighted by atomic mass is 19.4. The number of nitrogens with zero attached hydrogens (tertiary/aromatic N) is 3. The van der Waals surface area contributed by atoms with E-state index in [1.54, 1.807) is 35.9 Å². The van der Waals surface area contributed by atoms with Gasteiger partial charge >= 0.3 is 12.2 Å². The summed E-state index contributed by atoms with van der Waals surface area (Å²) in [6, 6.07) is 9.90. The van der Waals surface area contributed by atoms with Gasteiger partial charge in [-0.25, -0.2) is 4.79 Å². The van der Waals surface area contributed by atoms with E-state index < -0.39 is 17.8 Å². The van der Waals surface area contributed by atoms with Crippen molar-refractivity contribution in [2.24, 2.45) is 7.05 Å². The maximum atomic E-state index is 14.3. The van der Waals surface area contributed by atoms with Gasteiger partial charge in [0.1, 0.15) is 0 Å². The van der Waals surface area contributed by atoms with Crippen molar-refractivity contribution in [1.29, 1.82) is 0 Å². The third-order valence-electron chi connectivity index (χ3n) is 5.40. The van der Waals surface area contributed by atoms with Gasteiger partial charge < -0.3 is 15.0 Å². The number of hydrogen-bond acceptors (Lipinski definition) is 3. The van der Waals surface area contributed by atoms with Crippen molar-refractivity contribution in [3.05, 3.63) is 66.0 Å². The third kappa shape index (κ3) is 3.25. The number of aliphatic hydroxyl groups is 1. The van der Waals surface area contributed by atoms with Crippen LogP contribution in [0.25, 0.3) is 21.8 Å². The van der Waals surface area contributed by atoms with Crippen LogP contribution >= 0.6 is 0 Å². The van der Waals surface area contributed by atoms with Crippen LogP contribution in [0.3, 0.4) is 0 Å². The van der Waals surface area contributed by atoms with Crippen LogP contribution in [0.1, 0.15) is 24.5 Å². The number of aryl methyl sites for hydroxylation is 1. The molecule has 1 atom stereocenters. The first-order valence-corrected chi connectivity index (χ1v) is 9.78. The molecule has 2 aromatic heterocycles. The molecule has 0 radical (unpaired) electrons. The summed E-state index contributed by atoms with van der Waals surface area (Å²) in [7, 11) is 1.63. The molecule has 0 bridgehead atoms. The Morgan fingerprint density at radius 2 is 1.90 bits per heavy atom. The molecule has 0 saturated heterocycles. The zero-order valence-electron chi connectivity index (χ0n) is 16.9. The van der Waals surface area contributed by atoms with Gasteiger partial charge in [-0.1, -0.05) is 31.2 Å². The number of carbonyl (C=O) groups is 1. The van der Waals surface area contributed by atoms with Gasteiger partial charge in [0, 0.05) is 41.6 Å². The maximum Gasteiger partial charge on any atom is 0.425 e. The zero-order valence-corrected chi connectivity index (χ0v) is 16.9. The molecule has 0 aliphatic heterocycles. The number of para-hydroxylation sites is 1. The summed E-state index contributed by atoms with van der Waals surface area (Å²) in [5.74, 6) is 0. The third-order valence-corrected chi connectivity index (χ3v) is 5.40. The second-order valence-electron chi connectivity index (χ2n) is 7.44. The van der Waals surface area contributed by atoms with Crippen molar-refractivity contribution >= 4 is 27.8 Å². The van der Waals surface area contributed by atoms with E-state index in [9.17, 15) is 23.1 Å². The fourth-order valence-corrected chi connectivity index (χ4v) is 3.83. The van der Waals surface area contributed by atoms with Crippen molar-refractivity contribution in [3.8, 4) is 0 Å². The molecule has 2 N–H and O–H groups in total. The number of hydrogen-bond donors (Lipinski definition) is 2. The van der Waals surface area contributed by atoms with Gasteiger partial charge in [-0.3, -0.25) is 0 Å². The molecule has 1 amide bonds. The number of aromatic nitrogens is 3. The molecule has 0 spiro atoms. The highest BCUT2D eigenvalue weighted by Gasteiger charge is 2.57. The Morgan fingerprint density at radius 1 is 1.16 bits per heavy atom. The van der Waals surface area contributed by atoms with E-state index in [4.69, 9.17) is 0 Å². The summed E-state index contributed by atoms with van der Waals surface area (Å²) in [4.78, 5) is 12.2. The van der Waals surface area contributed by atoms with Crippen LogP contribution in [-0.4, -0.2) is 38.2 Å². The van der Waals surface area contributed by atoms with Crippen LogP contribution in [0.4, 0.5) is 18.0 Å². The van der Waals surface area contributed by atoms with Gasteiger partial charge in [-0.05, 0) is 30.2 Å². The molecule has 6 nitrogen and oxygen atoms in total. The van der Waals surface area contributed by atoms with Crippen LogP contribution in [0.2, 0.25) is 0 Å². The second-order valence-corrected chi connectivity index (χ2v) is 7.44. The van der Waals surface area contributed by atoms with Gasteiger partial charge in [0.25, 0.3) is 0 Å². The van der Waals surface area contributed by atoms with Crippen LogP contribution < -0.4 is 5.32 Å². The summed E-state index contributed by atoms with van der Waals surface area (Å²) in [6.07, 6.45) is -1.65. The van der Waals surface area contributed by atoms with Gasteiger partial charge in [0.05, 0.1) is 11.7 Å². The summed E-state index contributed by atoms with van der Waals surface area (Å²) >= 11 is 0. The average molecular weight is 430 g/mol. The fourth-order valence-electron chi connectivity index (χ4n) is 3.83. The van der Waals surface area contributed by atoms with Gasteiger partial charge in [-0.15, -0.1) is 0 Å². The standard InChI is InChI=1S/C22H21F3N4O2/c1-3-10-26-20(30)29-18-9-8-15(11-14(18)12-27-29)21(31,22(23,24)25)17-13-28(2)19-7-5-4-6-16(17)19/h4-9,11-13,31H,3,10H2,1-2H3,(H,26,30). The average Bonchev–Trinajstić information content (AvgIpc) is 3.32. The minimum atomic E-state index is -4.99. The molecule has 162 valence electrons. The van der Waals surface area contributed by atoms with Crippen molar-refractivity contribution < 1.29 is 23.1 Å². The molecule has 2 heterocycles. The number of fused-ring (bicyclic) bond motifs is 2. The lowest BCUT2D eigenvalue weighted by Gasteiger charge is -2.31. The van der Waals surface area contributed by atoms with Crippen molar-refractivity contribution in [1.82, 2.24) is 19.7 Å². The monoisotopic (exact) mass is 430 g/mol. The number of alkyl halides is 3. The van der Waals surface area contributed by atoms with E-state index in [2.05, 4.69) is 10.4 Å². The van der Waals surface area contributed by atoms with E-state index in [1.807, 2.05) is 6.92 Å². The zero-order chi connectivity index (χ0) is 22.4. The Bertz CT molecular complexity index is 1270. The van der Waals surface area contributed by atoms with Crippen LogP contribution in [-0.2, 0) is 12.6 Å². The lowest BCUT2D eigenvalue weighted by Crippen LogP contribution is -2.43. The molecule has 0 saturated carbocycles. The smallest absolute Gasteiger partial charge is 0.372 e. The molecule has 0 aliphatic carbocycles. The number of nitrogens with one attached hydrogen (secondary N) is 1. The summed E-state index contributed by atoms with van der Waals surface area (Å²) in [6.45, 7) is 2.35. The molecule has 2 aromatic carbocycles. The van der Waals surface area contributed by atoms with Crippen LogP contribution in [0.15, 0.2) is 54.9 Å². The number of rotatable bonds is 4. The molecule has 1 unspecified atom stereocenters. The Kier molecular flexibility index (Phi) is 5.01. The summed E-state index contributed by atoms with van der Waals surface area (Å²) < 4.78 is 45.7. The number of amides is 1. The molecule has 9 heteroatoms. The van der Waals surface area contributed by atoms with Gasteiger partial charge in [-0.2, -0.15) is 23.0 Å². The number of carbonyl (C=O) groups excluding carboxylic acids is 1. The predicted octanol–water partition coefficient (Wildman–Crippen LogP) is 4.29. The van der Waals surface area contributed by atoms with Crippen molar-refractivity contribution in [2.45, 2.75) is 25.1 Å². The fraction of sp³-hybridized carbons (Fsp3) is 0.273. The highest BCUT2D eigenvalue weighted by molar-refractivity contribution is 5.91. The lowest BCUT2D eigenvalue weighted by atomic mass is 9.85. The van der Waals surface area contributed by atoms with Crippen LogP contribution in [0, 0.1) is 0 Å². The Labute approximate surface area is 175 Å².